The number of aliphatic hydroxyl groups is 2. The van der Waals surface area contributed by atoms with Gasteiger partial charge in [-0.2, -0.15) is 5.10 Å². The van der Waals surface area contributed by atoms with Gasteiger partial charge in [-0.25, -0.2) is 0 Å². The van der Waals surface area contributed by atoms with Crippen LogP contribution in [-0.2, 0) is 6.54 Å². The van der Waals surface area contributed by atoms with Crippen molar-refractivity contribution in [1.29, 1.82) is 0 Å². The smallest absolute Gasteiger partial charge is 0.153 e. The van der Waals surface area contributed by atoms with Crippen molar-refractivity contribution in [1.82, 2.24) is 20.0 Å². The largest absolute Gasteiger partial charge is 0.385 e. The zero-order chi connectivity index (χ0) is 26.7. The summed E-state index contributed by atoms with van der Waals surface area (Å²) in [6.07, 6.45) is 25.6. The number of hydrogen-bond donors (Lipinski definition) is 3. The second-order valence-electron chi connectivity index (χ2n) is 9.52. The van der Waals surface area contributed by atoms with Gasteiger partial charge in [-0.15, -0.1) is 0 Å². The van der Waals surface area contributed by atoms with Crippen molar-refractivity contribution in [2.75, 3.05) is 20.1 Å². The summed E-state index contributed by atoms with van der Waals surface area (Å²) in [5.41, 5.74) is 2.85. The third-order valence-corrected chi connectivity index (χ3v) is 6.75. The average molecular weight is 504 g/mol. The summed E-state index contributed by atoms with van der Waals surface area (Å²) in [7, 11) is 1.80. The van der Waals surface area contributed by atoms with Gasteiger partial charge < -0.3 is 20.4 Å². The van der Waals surface area contributed by atoms with Crippen molar-refractivity contribution < 1.29 is 10.2 Å². The summed E-state index contributed by atoms with van der Waals surface area (Å²) < 4.78 is 1.85. The predicted molar refractivity (Wildman–Crippen MR) is 152 cm³/mol. The van der Waals surface area contributed by atoms with E-state index in [0.29, 0.717) is 25.8 Å². The number of aliphatic hydroxyl groups excluding tert-OH is 1. The summed E-state index contributed by atoms with van der Waals surface area (Å²) >= 11 is 0. The van der Waals surface area contributed by atoms with Crippen LogP contribution in [0.2, 0.25) is 0 Å². The van der Waals surface area contributed by atoms with E-state index < -0.39 is 11.8 Å². The molecule has 1 saturated heterocycles. The Labute approximate surface area is 221 Å². The lowest BCUT2D eigenvalue weighted by molar-refractivity contribution is 0.0287. The summed E-state index contributed by atoms with van der Waals surface area (Å²) in [4.78, 5) is 6.72. The first kappa shape index (κ1) is 28.2. The van der Waals surface area contributed by atoms with Crippen LogP contribution in [0.4, 0.5) is 0 Å². The first-order valence-corrected chi connectivity index (χ1v) is 12.9. The van der Waals surface area contributed by atoms with Crippen molar-refractivity contribution >= 4 is 5.84 Å². The third kappa shape index (κ3) is 8.03. The molecule has 0 aromatic carbocycles. The van der Waals surface area contributed by atoms with E-state index in [9.17, 15) is 10.2 Å². The molecule has 1 aliphatic carbocycles. The molecule has 0 spiro atoms. The van der Waals surface area contributed by atoms with E-state index in [1.807, 2.05) is 61.1 Å². The highest BCUT2D eigenvalue weighted by molar-refractivity contribution is 5.83. The summed E-state index contributed by atoms with van der Waals surface area (Å²) in [5, 5.41) is 29.3. The quantitative estimate of drug-likeness (QED) is 0.187. The van der Waals surface area contributed by atoms with Crippen LogP contribution in [0.3, 0.4) is 0 Å². The SMILES string of the molecule is C=C(C)C=CC=CCn1ncc(C(O)N/C=C/CC(=NC)N2CCC(O)(C3=CC=CCC=C3)CC2)c1C. The minimum atomic E-state index is -0.848. The van der Waals surface area contributed by atoms with Crippen LogP contribution in [0, 0.1) is 6.92 Å². The molecule has 37 heavy (non-hydrogen) atoms. The first-order valence-electron chi connectivity index (χ1n) is 12.9. The van der Waals surface area contributed by atoms with E-state index >= 15 is 0 Å². The molecule has 0 saturated carbocycles. The Morgan fingerprint density at radius 1 is 1.27 bits per heavy atom. The molecule has 1 aliphatic heterocycles. The minimum Gasteiger partial charge on any atom is -0.385 e. The molecule has 198 valence electrons. The molecular weight excluding hydrogens is 462 g/mol. The van der Waals surface area contributed by atoms with Crippen LogP contribution in [0.5, 0.6) is 0 Å². The molecular formula is C30H41N5O2. The van der Waals surface area contributed by atoms with Crippen LogP contribution in [0.1, 0.15) is 50.1 Å². The molecule has 1 unspecified atom stereocenters. The van der Waals surface area contributed by atoms with Crippen LogP contribution < -0.4 is 5.32 Å². The Morgan fingerprint density at radius 3 is 2.78 bits per heavy atom. The highest BCUT2D eigenvalue weighted by Crippen LogP contribution is 2.32. The van der Waals surface area contributed by atoms with Crippen LogP contribution in [0.15, 0.2) is 95.9 Å². The number of nitrogens with one attached hydrogen (secondary N) is 1. The van der Waals surface area contributed by atoms with Crippen molar-refractivity contribution in [2.24, 2.45) is 4.99 Å². The van der Waals surface area contributed by atoms with Crippen LogP contribution >= 0.6 is 0 Å². The monoisotopic (exact) mass is 503 g/mol. The van der Waals surface area contributed by atoms with E-state index in [1.165, 1.54) is 0 Å². The fourth-order valence-electron chi connectivity index (χ4n) is 4.46. The summed E-state index contributed by atoms with van der Waals surface area (Å²) in [6, 6.07) is 0. The number of piperidine rings is 1. The van der Waals surface area contributed by atoms with E-state index in [1.54, 1.807) is 19.4 Å². The average Bonchev–Trinajstić information content (AvgIpc) is 3.07. The predicted octanol–water partition coefficient (Wildman–Crippen LogP) is 4.66. The molecule has 7 heteroatoms. The number of nitrogens with zero attached hydrogens (tertiary/aromatic N) is 4. The topological polar surface area (TPSA) is 85.9 Å². The van der Waals surface area contributed by atoms with Gasteiger partial charge in [0.25, 0.3) is 0 Å². The number of rotatable bonds is 10. The second kappa shape index (κ2) is 13.8. The Bertz CT molecular complexity index is 1120. The Morgan fingerprint density at radius 2 is 2.05 bits per heavy atom. The van der Waals surface area contributed by atoms with Crippen molar-refractivity contribution in [3.05, 3.63) is 102 Å². The molecule has 1 atom stereocenters. The number of amidine groups is 1. The van der Waals surface area contributed by atoms with Gasteiger partial charge in [-0.1, -0.05) is 72.9 Å². The number of aromatic nitrogens is 2. The van der Waals surface area contributed by atoms with Gasteiger partial charge in [0.2, 0.25) is 0 Å². The fraction of sp³-hybridized carbons (Fsp3) is 0.400. The van der Waals surface area contributed by atoms with Crippen LogP contribution in [0.25, 0.3) is 0 Å². The maximum Gasteiger partial charge on any atom is 0.153 e. The van der Waals surface area contributed by atoms with Crippen molar-refractivity contribution in [3.63, 3.8) is 0 Å². The second-order valence-corrected chi connectivity index (χ2v) is 9.52. The molecule has 1 aromatic heterocycles. The molecule has 7 nitrogen and oxygen atoms in total. The van der Waals surface area contributed by atoms with E-state index in [0.717, 1.165) is 47.7 Å². The zero-order valence-electron chi connectivity index (χ0n) is 22.3. The van der Waals surface area contributed by atoms with Gasteiger partial charge in [0.1, 0.15) is 5.84 Å². The standard InChI is InChI=1S/C30H41N5O2/c1-24(2)13-8-7-11-20-35-25(3)27(23-33-35)29(36)32-19-12-16-28(31-4)34-21-17-30(37,18-22-34)26-14-9-5-6-10-15-26/h5,7-15,19,23,29,32,36-37H,1,6,16-18,20-22H2,2-4H3/b11-7?,13-8?,19-12+,31-28?. The van der Waals surface area contributed by atoms with Gasteiger partial charge in [0, 0.05) is 37.8 Å². The molecule has 0 bridgehead atoms. The number of likely N-dealkylation sites (tertiary alicyclic amines) is 1. The Hall–Kier alpha value is -3.42. The highest BCUT2D eigenvalue weighted by atomic mass is 16.3. The fourth-order valence-corrected chi connectivity index (χ4v) is 4.46. The van der Waals surface area contributed by atoms with Gasteiger partial charge in [0.05, 0.1) is 18.3 Å². The van der Waals surface area contributed by atoms with Gasteiger partial charge in [-0.3, -0.25) is 9.67 Å². The lowest BCUT2D eigenvalue weighted by atomic mass is 9.83. The first-order chi connectivity index (χ1) is 17.8. The van der Waals surface area contributed by atoms with Gasteiger partial charge in [0.15, 0.2) is 6.23 Å². The molecule has 1 fully saturated rings. The molecule has 2 aliphatic rings. The molecule has 3 rings (SSSR count). The number of hydrogen-bond acceptors (Lipinski definition) is 5. The lowest BCUT2D eigenvalue weighted by Gasteiger charge is -2.40. The van der Waals surface area contributed by atoms with Gasteiger partial charge in [-0.05, 0) is 44.9 Å². The lowest BCUT2D eigenvalue weighted by Crippen LogP contribution is -2.47. The van der Waals surface area contributed by atoms with Gasteiger partial charge >= 0.3 is 0 Å². The maximum atomic E-state index is 11.2. The summed E-state index contributed by atoms with van der Waals surface area (Å²) in [5.74, 6) is 0.969. The molecule has 0 radical (unpaired) electrons. The normalized spacial score (nSPS) is 19.1. The third-order valence-electron chi connectivity index (χ3n) is 6.75. The minimum absolute atomic E-state index is 0.625. The van der Waals surface area contributed by atoms with E-state index in [2.05, 4.69) is 45.1 Å². The maximum absolute atomic E-state index is 11.2. The van der Waals surface area contributed by atoms with Crippen molar-refractivity contribution in [3.8, 4) is 0 Å². The van der Waals surface area contributed by atoms with E-state index in [-0.39, 0.29) is 0 Å². The number of allylic oxidation sites excluding steroid dienone is 9. The molecule has 1 aromatic rings. The van der Waals surface area contributed by atoms with E-state index in [4.69, 9.17) is 0 Å². The molecule has 3 N–H and O–H groups in total. The van der Waals surface area contributed by atoms with Crippen LogP contribution in [-0.4, -0.2) is 56.5 Å². The van der Waals surface area contributed by atoms with Crippen molar-refractivity contribution in [2.45, 2.75) is 57.9 Å². The Balaban J connectivity index is 1.48. The number of aliphatic imine (C=N–C) groups is 1. The molecule has 2 heterocycles. The Kier molecular flexibility index (Phi) is 10.5. The molecule has 0 amide bonds. The zero-order valence-corrected chi connectivity index (χ0v) is 22.3. The highest BCUT2D eigenvalue weighted by Gasteiger charge is 2.35. The summed E-state index contributed by atoms with van der Waals surface area (Å²) in [6.45, 7) is 9.86.